The zero-order chi connectivity index (χ0) is 13.4. The molecule has 0 radical (unpaired) electrons. The lowest BCUT2D eigenvalue weighted by Gasteiger charge is -2.06. The number of hydrogen-bond acceptors (Lipinski definition) is 3. The van der Waals surface area contributed by atoms with Crippen molar-refractivity contribution in [1.29, 1.82) is 5.26 Å². The van der Waals surface area contributed by atoms with E-state index in [2.05, 4.69) is 27.0 Å². The summed E-state index contributed by atoms with van der Waals surface area (Å²) in [5.74, 6) is 0.406. The van der Waals surface area contributed by atoms with Gasteiger partial charge in [-0.05, 0) is 36.4 Å². The van der Waals surface area contributed by atoms with Crippen molar-refractivity contribution in [3.05, 3.63) is 52.5 Å². The highest BCUT2D eigenvalue weighted by atomic mass is 79.9. The first kappa shape index (κ1) is 11.8. The minimum atomic E-state index is 0.406. The third-order valence-corrected chi connectivity index (χ3v) is 3.37. The summed E-state index contributed by atoms with van der Waals surface area (Å²) >= 11 is 3.44. The molecule has 0 aliphatic rings. The third kappa shape index (κ3) is 1.96. The molecule has 19 heavy (non-hydrogen) atoms. The summed E-state index contributed by atoms with van der Waals surface area (Å²) in [7, 11) is 0. The molecule has 0 saturated carbocycles. The van der Waals surface area contributed by atoms with E-state index in [1.165, 1.54) is 0 Å². The van der Waals surface area contributed by atoms with Crippen molar-refractivity contribution >= 4 is 32.9 Å². The molecule has 3 aromatic rings. The van der Waals surface area contributed by atoms with Crippen molar-refractivity contribution in [3.63, 3.8) is 0 Å². The summed E-state index contributed by atoms with van der Waals surface area (Å²) in [6.07, 6.45) is 0. The molecule has 4 nitrogen and oxygen atoms in total. The predicted octanol–water partition coefficient (Wildman–Crippen LogP) is 3.24. The molecule has 2 aromatic carbocycles. The highest BCUT2D eigenvalue weighted by Gasteiger charge is 2.10. The van der Waals surface area contributed by atoms with Gasteiger partial charge in [0.05, 0.1) is 28.4 Å². The number of nitriles is 1. The van der Waals surface area contributed by atoms with Gasteiger partial charge in [0.15, 0.2) is 0 Å². The molecule has 1 heterocycles. The number of aromatic nitrogens is 2. The number of halogens is 1. The lowest BCUT2D eigenvalue weighted by molar-refractivity contribution is 1.11. The van der Waals surface area contributed by atoms with E-state index in [-0.39, 0.29) is 0 Å². The van der Waals surface area contributed by atoms with Gasteiger partial charge in [0.1, 0.15) is 0 Å². The number of hydrogen-bond donors (Lipinski definition) is 1. The van der Waals surface area contributed by atoms with Crippen LogP contribution in [-0.2, 0) is 0 Å². The lowest BCUT2D eigenvalue weighted by Crippen LogP contribution is -2.00. The van der Waals surface area contributed by atoms with Gasteiger partial charge in [0.2, 0.25) is 5.95 Å². The zero-order valence-electron chi connectivity index (χ0n) is 9.84. The Labute approximate surface area is 118 Å². The van der Waals surface area contributed by atoms with Crippen LogP contribution < -0.4 is 5.73 Å². The van der Waals surface area contributed by atoms with Crippen LogP contribution in [0.4, 0.5) is 5.95 Å². The summed E-state index contributed by atoms with van der Waals surface area (Å²) in [6, 6.07) is 15.2. The van der Waals surface area contributed by atoms with E-state index in [4.69, 9.17) is 11.0 Å². The molecule has 0 bridgehead atoms. The number of nitrogens with zero attached hydrogens (tertiary/aromatic N) is 3. The quantitative estimate of drug-likeness (QED) is 0.750. The highest BCUT2D eigenvalue weighted by molar-refractivity contribution is 9.10. The second-order valence-electron chi connectivity index (χ2n) is 4.10. The van der Waals surface area contributed by atoms with Crippen molar-refractivity contribution in [1.82, 2.24) is 9.55 Å². The molecule has 0 aliphatic carbocycles. The number of nitrogens with two attached hydrogens (primary N) is 1. The molecule has 1 aromatic heterocycles. The van der Waals surface area contributed by atoms with Crippen LogP contribution in [0.15, 0.2) is 46.9 Å². The van der Waals surface area contributed by atoms with E-state index in [9.17, 15) is 0 Å². The Morgan fingerprint density at radius 1 is 1.21 bits per heavy atom. The molecule has 0 spiro atoms. The molecule has 0 unspecified atom stereocenters. The Morgan fingerprint density at radius 3 is 2.79 bits per heavy atom. The van der Waals surface area contributed by atoms with Crippen molar-refractivity contribution < 1.29 is 0 Å². The van der Waals surface area contributed by atoms with Crippen LogP contribution in [0.3, 0.4) is 0 Å². The Hall–Kier alpha value is -2.32. The standard InChI is InChI=1S/C14H9BrN4/c15-10-2-1-3-11(7-10)19-13-6-9(8-16)4-5-12(13)18-14(19)17/h1-7H,(H2,17,18). The Bertz CT molecular complexity index is 814. The third-order valence-electron chi connectivity index (χ3n) is 2.88. The molecule has 0 fully saturated rings. The summed E-state index contributed by atoms with van der Waals surface area (Å²) in [5.41, 5.74) is 9.08. The molecule has 92 valence electrons. The number of fused-ring (bicyclic) bond motifs is 1. The van der Waals surface area contributed by atoms with E-state index >= 15 is 0 Å². The fourth-order valence-corrected chi connectivity index (χ4v) is 2.44. The topological polar surface area (TPSA) is 67.6 Å². The summed E-state index contributed by atoms with van der Waals surface area (Å²) in [4.78, 5) is 4.31. The van der Waals surface area contributed by atoms with Crippen molar-refractivity contribution in [2.75, 3.05) is 5.73 Å². The van der Waals surface area contributed by atoms with Crippen LogP contribution in [0.1, 0.15) is 5.56 Å². The summed E-state index contributed by atoms with van der Waals surface area (Å²) < 4.78 is 2.80. The van der Waals surface area contributed by atoms with Gasteiger partial charge >= 0.3 is 0 Å². The lowest BCUT2D eigenvalue weighted by atomic mass is 10.2. The van der Waals surface area contributed by atoms with Crippen LogP contribution in [0, 0.1) is 11.3 Å². The van der Waals surface area contributed by atoms with Crippen LogP contribution in [0.25, 0.3) is 16.7 Å². The predicted molar refractivity (Wildman–Crippen MR) is 77.9 cm³/mol. The second kappa shape index (κ2) is 4.41. The van der Waals surface area contributed by atoms with E-state index in [1.54, 1.807) is 18.2 Å². The first-order valence-electron chi connectivity index (χ1n) is 5.63. The van der Waals surface area contributed by atoms with Gasteiger partial charge in [-0.3, -0.25) is 4.57 Å². The van der Waals surface area contributed by atoms with Crippen molar-refractivity contribution in [2.45, 2.75) is 0 Å². The Kier molecular flexibility index (Phi) is 2.73. The van der Waals surface area contributed by atoms with Crippen LogP contribution >= 0.6 is 15.9 Å². The van der Waals surface area contributed by atoms with Gasteiger partial charge in [0.25, 0.3) is 0 Å². The summed E-state index contributed by atoms with van der Waals surface area (Å²) in [5, 5.41) is 8.99. The molecule has 0 saturated heterocycles. The number of rotatable bonds is 1. The van der Waals surface area contributed by atoms with Gasteiger partial charge in [-0.2, -0.15) is 5.26 Å². The SMILES string of the molecule is N#Cc1ccc2nc(N)n(-c3cccc(Br)c3)c2c1. The van der Waals surface area contributed by atoms with Crippen LogP contribution in [0.5, 0.6) is 0 Å². The van der Waals surface area contributed by atoms with E-state index < -0.39 is 0 Å². The van der Waals surface area contributed by atoms with Gasteiger partial charge in [-0.1, -0.05) is 22.0 Å². The van der Waals surface area contributed by atoms with Crippen LogP contribution in [0.2, 0.25) is 0 Å². The van der Waals surface area contributed by atoms with Crippen LogP contribution in [-0.4, -0.2) is 9.55 Å². The molecule has 5 heteroatoms. The first-order chi connectivity index (χ1) is 9.19. The highest BCUT2D eigenvalue weighted by Crippen LogP contribution is 2.25. The largest absolute Gasteiger partial charge is 0.369 e. The van der Waals surface area contributed by atoms with Gasteiger partial charge in [-0.25, -0.2) is 4.98 Å². The van der Waals surface area contributed by atoms with Gasteiger partial charge in [-0.15, -0.1) is 0 Å². The van der Waals surface area contributed by atoms with E-state index in [0.29, 0.717) is 11.5 Å². The molecular weight excluding hydrogens is 304 g/mol. The smallest absolute Gasteiger partial charge is 0.205 e. The van der Waals surface area contributed by atoms with Gasteiger partial charge in [0, 0.05) is 4.47 Å². The number of benzene rings is 2. The molecule has 3 rings (SSSR count). The molecule has 2 N–H and O–H groups in total. The van der Waals surface area contributed by atoms with Gasteiger partial charge < -0.3 is 5.73 Å². The molecular formula is C14H9BrN4. The second-order valence-corrected chi connectivity index (χ2v) is 5.02. The Balaban J connectivity index is 2.34. The zero-order valence-corrected chi connectivity index (χ0v) is 11.4. The van der Waals surface area contributed by atoms with Crippen molar-refractivity contribution in [3.8, 4) is 11.8 Å². The maximum atomic E-state index is 8.99. The number of anilines is 1. The average molecular weight is 313 g/mol. The fraction of sp³-hybridized carbons (Fsp3) is 0. The summed E-state index contributed by atoms with van der Waals surface area (Å²) in [6.45, 7) is 0. The van der Waals surface area contributed by atoms with E-state index in [1.807, 2.05) is 28.8 Å². The first-order valence-corrected chi connectivity index (χ1v) is 6.42. The van der Waals surface area contributed by atoms with E-state index in [0.717, 1.165) is 21.2 Å². The number of imidazole rings is 1. The molecule has 0 amide bonds. The molecule has 0 atom stereocenters. The fourth-order valence-electron chi connectivity index (χ4n) is 2.05. The molecule has 0 aliphatic heterocycles. The minimum absolute atomic E-state index is 0.406. The average Bonchev–Trinajstić information content (AvgIpc) is 2.73. The number of nitrogen functional groups attached to an aromatic ring is 1. The normalized spacial score (nSPS) is 10.5. The van der Waals surface area contributed by atoms with Crippen molar-refractivity contribution in [2.24, 2.45) is 0 Å². The Morgan fingerprint density at radius 2 is 2.05 bits per heavy atom. The maximum Gasteiger partial charge on any atom is 0.205 e. The monoisotopic (exact) mass is 312 g/mol. The maximum absolute atomic E-state index is 8.99. The minimum Gasteiger partial charge on any atom is -0.369 e.